The molecule has 1 heterocycles. The van der Waals surface area contributed by atoms with Gasteiger partial charge in [0.2, 0.25) is 0 Å². The van der Waals surface area contributed by atoms with Crippen LogP contribution in [0.1, 0.15) is 5.56 Å². The van der Waals surface area contributed by atoms with Crippen molar-refractivity contribution >= 4 is 11.6 Å². The Labute approximate surface area is 161 Å². The van der Waals surface area contributed by atoms with Crippen LogP contribution >= 0.6 is 0 Å². The van der Waals surface area contributed by atoms with E-state index >= 15 is 0 Å². The molecule has 1 amide bonds. The zero-order valence-corrected chi connectivity index (χ0v) is 15.0. The second kappa shape index (κ2) is 9.05. The standard InChI is InChI=1S/C16H18F6N4O3/c17-15(18,19)13(27)26(6-8-29-10-9-28-7-5-23)12-3-1-11(2-4-12)14(24-25-14)16(20,21)22/h1-4H,5-10,23H2. The molecule has 13 heteroatoms. The minimum absolute atomic E-state index is 0.0735. The Balaban J connectivity index is 2.06. The number of ether oxygens (including phenoxy) is 2. The fraction of sp³-hybridized carbons (Fsp3) is 0.562. The average molecular weight is 428 g/mol. The van der Waals surface area contributed by atoms with Crippen LogP contribution in [-0.4, -0.2) is 57.8 Å². The number of nitrogens with two attached hydrogens (primary N) is 1. The van der Waals surface area contributed by atoms with Crippen molar-refractivity contribution in [1.29, 1.82) is 0 Å². The van der Waals surface area contributed by atoms with Gasteiger partial charge in [0.15, 0.2) is 0 Å². The van der Waals surface area contributed by atoms with Crippen LogP contribution in [0.3, 0.4) is 0 Å². The van der Waals surface area contributed by atoms with E-state index in [4.69, 9.17) is 15.2 Å². The minimum atomic E-state index is -5.17. The number of hydrogen-bond acceptors (Lipinski definition) is 6. The predicted molar refractivity (Wildman–Crippen MR) is 88.1 cm³/mol. The van der Waals surface area contributed by atoms with Crippen molar-refractivity contribution in [3.8, 4) is 0 Å². The summed E-state index contributed by atoms with van der Waals surface area (Å²) in [7, 11) is 0. The average Bonchev–Trinajstić information content (AvgIpc) is 3.45. The molecule has 0 unspecified atom stereocenters. The Hall–Kier alpha value is -2.25. The van der Waals surface area contributed by atoms with Crippen LogP contribution in [-0.2, 0) is 19.9 Å². The number of carbonyl (C=O) groups excluding carboxylic acids is 1. The van der Waals surface area contributed by atoms with Crippen molar-refractivity contribution in [3.63, 3.8) is 0 Å². The van der Waals surface area contributed by atoms with E-state index in [0.717, 1.165) is 24.3 Å². The van der Waals surface area contributed by atoms with E-state index in [0.29, 0.717) is 18.1 Å². The van der Waals surface area contributed by atoms with Gasteiger partial charge in [-0.2, -0.15) is 26.3 Å². The topological polar surface area (TPSA) is 89.5 Å². The number of anilines is 1. The first kappa shape index (κ1) is 23.0. The van der Waals surface area contributed by atoms with Crippen LogP contribution in [0.25, 0.3) is 0 Å². The molecule has 1 aliphatic rings. The number of benzene rings is 1. The molecule has 0 aliphatic carbocycles. The number of halogens is 6. The summed E-state index contributed by atoms with van der Waals surface area (Å²) in [5.41, 5.74) is 1.93. The highest BCUT2D eigenvalue weighted by molar-refractivity contribution is 5.97. The number of amides is 1. The Bertz CT molecular complexity index is 715. The van der Waals surface area contributed by atoms with E-state index in [-0.39, 0.29) is 31.1 Å². The van der Waals surface area contributed by atoms with E-state index in [1.54, 1.807) is 0 Å². The lowest BCUT2D eigenvalue weighted by Crippen LogP contribution is -2.43. The second-order valence-electron chi connectivity index (χ2n) is 5.88. The van der Waals surface area contributed by atoms with E-state index in [1.807, 2.05) is 0 Å². The third-order valence-corrected chi connectivity index (χ3v) is 3.86. The molecule has 0 radical (unpaired) electrons. The fourth-order valence-corrected chi connectivity index (χ4v) is 2.38. The van der Waals surface area contributed by atoms with Crippen LogP contribution in [0, 0.1) is 0 Å². The summed E-state index contributed by atoms with van der Waals surface area (Å²) in [5.74, 6) is -2.17. The van der Waals surface area contributed by atoms with E-state index in [1.165, 1.54) is 0 Å². The third-order valence-electron chi connectivity index (χ3n) is 3.86. The number of alkyl halides is 6. The third kappa shape index (κ3) is 5.64. The lowest BCUT2D eigenvalue weighted by atomic mass is 10.0. The largest absolute Gasteiger partial charge is 0.471 e. The molecule has 0 aromatic heterocycles. The number of carbonyl (C=O) groups is 1. The second-order valence-corrected chi connectivity index (χ2v) is 5.88. The summed E-state index contributed by atoms with van der Waals surface area (Å²) in [6, 6.07) is 3.81. The van der Waals surface area contributed by atoms with E-state index < -0.39 is 30.5 Å². The summed E-state index contributed by atoms with van der Waals surface area (Å²) in [6.45, 7) is 0.141. The first-order valence-corrected chi connectivity index (χ1v) is 8.38. The van der Waals surface area contributed by atoms with Gasteiger partial charge in [-0.1, -0.05) is 12.1 Å². The lowest BCUT2D eigenvalue weighted by molar-refractivity contribution is -0.170. The van der Waals surface area contributed by atoms with Crippen LogP contribution < -0.4 is 10.6 Å². The maximum atomic E-state index is 13.0. The molecule has 0 fully saturated rings. The molecule has 0 saturated heterocycles. The summed E-state index contributed by atoms with van der Waals surface area (Å²) in [6.07, 6.45) is -9.94. The van der Waals surface area contributed by atoms with Gasteiger partial charge in [-0.25, -0.2) is 0 Å². The minimum Gasteiger partial charge on any atom is -0.378 e. The van der Waals surface area contributed by atoms with Crippen molar-refractivity contribution in [1.82, 2.24) is 0 Å². The fourth-order valence-electron chi connectivity index (χ4n) is 2.38. The molecule has 1 aromatic carbocycles. The SMILES string of the molecule is NCCOCCOCCN(C(=O)C(F)(F)F)c1ccc(C2(C(F)(F)F)N=N2)cc1. The molecule has 29 heavy (non-hydrogen) atoms. The number of hydrogen-bond donors (Lipinski definition) is 1. The molecule has 0 bridgehead atoms. The van der Waals surface area contributed by atoms with Crippen LogP contribution in [0.5, 0.6) is 0 Å². The highest BCUT2D eigenvalue weighted by Crippen LogP contribution is 2.52. The molecule has 0 saturated carbocycles. The van der Waals surface area contributed by atoms with Gasteiger partial charge < -0.3 is 20.1 Å². The van der Waals surface area contributed by atoms with Crippen molar-refractivity contribution in [2.75, 3.05) is 44.4 Å². The maximum absolute atomic E-state index is 13.0. The molecular weight excluding hydrogens is 410 g/mol. The molecule has 1 aliphatic heterocycles. The molecule has 2 N–H and O–H groups in total. The molecule has 7 nitrogen and oxygen atoms in total. The van der Waals surface area contributed by atoms with Crippen molar-refractivity contribution in [3.05, 3.63) is 29.8 Å². The first-order valence-electron chi connectivity index (χ1n) is 8.38. The monoisotopic (exact) mass is 428 g/mol. The number of nitrogens with zero attached hydrogens (tertiary/aromatic N) is 3. The zero-order chi connectivity index (χ0) is 21.7. The van der Waals surface area contributed by atoms with Crippen LogP contribution in [0.4, 0.5) is 32.0 Å². The van der Waals surface area contributed by atoms with Gasteiger partial charge in [-0.05, 0) is 12.1 Å². The highest BCUT2D eigenvalue weighted by atomic mass is 19.4. The molecule has 2 rings (SSSR count). The summed E-state index contributed by atoms with van der Waals surface area (Å²) in [4.78, 5) is 12.1. The van der Waals surface area contributed by atoms with Crippen LogP contribution in [0.15, 0.2) is 34.5 Å². The Morgan fingerprint density at radius 2 is 1.52 bits per heavy atom. The Morgan fingerprint density at radius 1 is 0.966 bits per heavy atom. The van der Waals surface area contributed by atoms with Gasteiger partial charge >= 0.3 is 23.9 Å². The molecule has 162 valence electrons. The van der Waals surface area contributed by atoms with Gasteiger partial charge in [0.25, 0.3) is 0 Å². The van der Waals surface area contributed by atoms with Crippen LogP contribution in [0.2, 0.25) is 0 Å². The summed E-state index contributed by atoms with van der Waals surface area (Å²) >= 11 is 0. The zero-order valence-electron chi connectivity index (χ0n) is 15.0. The van der Waals surface area contributed by atoms with Gasteiger partial charge in [0.1, 0.15) is 0 Å². The van der Waals surface area contributed by atoms with E-state index in [9.17, 15) is 31.1 Å². The molecular formula is C16H18F6N4O3. The smallest absolute Gasteiger partial charge is 0.378 e. The van der Waals surface area contributed by atoms with Crippen molar-refractivity contribution < 1.29 is 40.6 Å². The maximum Gasteiger partial charge on any atom is 0.471 e. The quantitative estimate of drug-likeness (QED) is 0.459. The summed E-state index contributed by atoms with van der Waals surface area (Å²) in [5, 5.41) is 6.03. The van der Waals surface area contributed by atoms with E-state index in [2.05, 4.69) is 10.2 Å². The molecule has 1 aromatic rings. The lowest BCUT2D eigenvalue weighted by Gasteiger charge is -2.24. The first-order chi connectivity index (χ1) is 13.5. The Morgan fingerprint density at radius 3 is 1.97 bits per heavy atom. The highest BCUT2D eigenvalue weighted by Gasteiger charge is 2.65. The predicted octanol–water partition coefficient (Wildman–Crippen LogP) is 2.75. The molecule has 0 atom stereocenters. The van der Waals surface area contributed by atoms with Crippen molar-refractivity contribution in [2.24, 2.45) is 16.0 Å². The number of rotatable bonds is 10. The summed E-state index contributed by atoms with van der Waals surface area (Å²) < 4.78 is 87.9. The molecule has 0 spiro atoms. The van der Waals surface area contributed by atoms with Gasteiger partial charge in [0.05, 0.1) is 26.4 Å². The van der Waals surface area contributed by atoms with Gasteiger partial charge in [0, 0.05) is 24.3 Å². The van der Waals surface area contributed by atoms with Gasteiger partial charge in [-0.3, -0.25) is 4.79 Å². The van der Waals surface area contributed by atoms with Gasteiger partial charge in [-0.15, -0.1) is 10.2 Å². The Kier molecular flexibility index (Phi) is 7.19. The van der Waals surface area contributed by atoms with Crippen molar-refractivity contribution in [2.45, 2.75) is 18.0 Å². The normalized spacial score (nSPS) is 15.4.